The molecule has 3 aliphatic rings. The van der Waals surface area contributed by atoms with Crippen LogP contribution < -0.4 is 24.4 Å². The molecule has 10 nitrogen and oxygen atoms in total. The Labute approximate surface area is 205 Å². The Bertz CT molecular complexity index is 1420. The molecule has 3 heterocycles. The summed E-state index contributed by atoms with van der Waals surface area (Å²) in [6.07, 6.45) is 0.456. The molecule has 0 aromatic heterocycles. The lowest BCUT2D eigenvalue weighted by Crippen LogP contribution is -2.43. The highest BCUT2D eigenvalue weighted by molar-refractivity contribution is 6.11. The number of nitrogens with zero attached hydrogens (tertiary/aromatic N) is 2. The molecule has 0 aliphatic carbocycles. The third-order valence-corrected chi connectivity index (χ3v) is 6.83. The summed E-state index contributed by atoms with van der Waals surface area (Å²) in [5, 5.41) is 13.9. The van der Waals surface area contributed by atoms with E-state index in [0.29, 0.717) is 30.2 Å². The molecule has 1 N–H and O–H groups in total. The topological polar surface area (TPSA) is 120 Å². The van der Waals surface area contributed by atoms with Gasteiger partial charge in [-0.2, -0.15) is 0 Å². The Morgan fingerprint density at radius 3 is 2.58 bits per heavy atom. The van der Waals surface area contributed by atoms with Crippen LogP contribution in [-0.2, 0) is 10.2 Å². The van der Waals surface area contributed by atoms with Crippen molar-refractivity contribution in [3.05, 3.63) is 87.5 Å². The summed E-state index contributed by atoms with van der Waals surface area (Å²) in [4.78, 5) is 38.8. The number of anilines is 1. The molecule has 0 bridgehead atoms. The molecule has 0 radical (unpaired) electrons. The van der Waals surface area contributed by atoms with E-state index in [9.17, 15) is 19.7 Å². The van der Waals surface area contributed by atoms with Crippen molar-refractivity contribution in [1.82, 2.24) is 5.32 Å². The number of nitro benzene ring substituents is 1. The highest BCUT2D eigenvalue weighted by atomic mass is 16.7. The molecule has 0 saturated heterocycles. The molecule has 1 spiro atoms. The van der Waals surface area contributed by atoms with Crippen LogP contribution in [0.5, 0.6) is 17.2 Å². The molecule has 0 fully saturated rings. The molecule has 10 heteroatoms. The van der Waals surface area contributed by atoms with E-state index < -0.39 is 16.2 Å². The van der Waals surface area contributed by atoms with E-state index in [2.05, 4.69) is 5.32 Å². The lowest BCUT2D eigenvalue weighted by Gasteiger charge is -2.23. The maximum atomic E-state index is 13.9. The van der Waals surface area contributed by atoms with Gasteiger partial charge in [0.05, 0.1) is 4.92 Å². The van der Waals surface area contributed by atoms with Crippen LogP contribution in [0.3, 0.4) is 0 Å². The van der Waals surface area contributed by atoms with E-state index in [4.69, 9.17) is 14.2 Å². The van der Waals surface area contributed by atoms with Gasteiger partial charge in [0.2, 0.25) is 12.7 Å². The largest absolute Gasteiger partial charge is 0.491 e. The summed E-state index contributed by atoms with van der Waals surface area (Å²) in [6, 6.07) is 17.0. The zero-order chi connectivity index (χ0) is 24.9. The predicted octanol–water partition coefficient (Wildman–Crippen LogP) is 3.17. The van der Waals surface area contributed by atoms with Crippen molar-refractivity contribution in [2.45, 2.75) is 11.8 Å². The van der Waals surface area contributed by atoms with E-state index in [-0.39, 0.29) is 37.1 Å². The number of nitrogens with one attached hydrogen (secondary N) is 1. The summed E-state index contributed by atoms with van der Waals surface area (Å²) in [7, 11) is 0. The van der Waals surface area contributed by atoms with Gasteiger partial charge < -0.3 is 24.4 Å². The molecule has 0 saturated carbocycles. The van der Waals surface area contributed by atoms with Crippen molar-refractivity contribution >= 4 is 23.2 Å². The van der Waals surface area contributed by atoms with Gasteiger partial charge >= 0.3 is 0 Å². The first kappa shape index (κ1) is 21.9. The van der Waals surface area contributed by atoms with Crippen molar-refractivity contribution in [2.24, 2.45) is 0 Å². The number of ether oxygens (including phenoxy) is 3. The molecule has 3 aromatic rings. The van der Waals surface area contributed by atoms with Crippen molar-refractivity contribution in [1.29, 1.82) is 0 Å². The number of benzene rings is 3. The number of rotatable bonds is 6. The Balaban J connectivity index is 1.21. The molecule has 2 amide bonds. The number of hydrogen-bond acceptors (Lipinski definition) is 7. The number of carbonyl (C=O) groups is 2. The highest BCUT2D eigenvalue weighted by Crippen LogP contribution is 2.54. The van der Waals surface area contributed by atoms with Crippen molar-refractivity contribution < 1.29 is 28.7 Å². The smallest absolute Gasteiger partial charge is 0.282 e. The van der Waals surface area contributed by atoms with Gasteiger partial charge in [-0.15, -0.1) is 0 Å². The van der Waals surface area contributed by atoms with E-state index in [1.165, 1.54) is 18.2 Å². The molecule has 3 aromatic carbocycles. The first-order chi connectivity index (χ1) is 17.5. The fourth-order valence-electron chi connectivity index (χ4n) is 5.15. The minimum absolute atomic E-state index is 0.00230. The maximum Gasteiger partial charge on any atom is 0.282 e. The normalized spacial score (nSPS) is 18.7. The molecular formula is C26H21N3O7. The third kappa shape index (κ3) is 3.18. The molecule has 1 atom stereocenters. The van der Waals surface area contributed by atoms with Crippen LogP contribution in [0.25, 0.3) is 0 Å². The van der Waals surface area contributed by atoms with Crippen LogP contribution in [-0.4, -0.2) is 43.2 Å². The first-order valence-corrected chi connectivity index (χ1v) is 11.5. The number of para-hydroxylation sites is 2. The van der Waals surface area contributed by atoms with Crippen molar-refractivity contribution in [2.75, 3.05) is 31.4 Å². The highest BCUT2D eigenvalue weighted by Gasteiger charge is 2.57. The fourth-order valence-corrected chi connectivity index (χ4v) is 5.15. The van der Waals surface area contributed by atoms with Gasteiger partial charge in [-0.25, -0.2) is 0 Å². The van der Waals surface area contributed by atoms with Gasteiger partial charge in [-0.3, -0.25) is 19.7 Å². The summed E-state index contributed by atoms with van der Waals surface area (Å²) >= 11 is 0. The molecule has 182 valence electrons. The van der Waals surface area contributed by atoms with Crippen LogP contribution in [0, 0.1) is 10.1 Å². The molecule has 6 rings (SSSR count). The standard InChI is InChI=1S/C26H21N3O7/c30-24(16-6-1-3-8-19(16)29(32)33)27-10-5-11-28-20-9-4-2-7-17(20)26(25(28)31)14-34-21-13-23-22(12-18(21)26)35-15-36-23/h1-4,6-9,12-13H,5,10-11,14-15H2,(H,27,30). The minimum atomic E-state index is -0.985. The van der Waals surface area contributed by atoms with Crippen LogP contribution in [0.1, 0.15) is 27.9 Å². The number of hydrogen-bond donors (Lipinski definition) is 1. The van der Waals surface area contributed by atoms with Gasteiger partial charge in [-0.05, 0) is 30.2 Å². The molecule has 3 aliphatic heterocycles. The SMILES string of the molecule is O=C(NCCCN1C(=O)C2(COc3cc4c(cc32)OCO4)c2ccccc21)c1ccccc1[N+](=O)[O-]. The molecule has 1 unspecified atom stereocenters. The van der Waals surface area contributed by atoms with Crippen LogP contribution in [0.4, 0.5) is 11.4 Å². The molecule has 36 heavy (non-hydrogen) atoms. The predicted molar refractivity (Wildman–Crippen MR) is 128 cm³/mol. The Morgan fingerprint density at radius 1 is 1.00 bits per heavy atom. The number of amides is 2. The van der Waals surface area contributed by atoms with E-state index in [0.717, 1.165) is 16.8 Å². The minimum Gasteiger partial charge on any atom is -0.491 e. The Kier molecular flexibility index (Phi) is 5.03. The van der Waals surface area contributed by atoms with E-state index in [1.54, 1.807) is 17.0 Å². The zero-order valence-electron chi connectivity index (χ0n) is 19.1. The van der Waals surface area contributed by atoms with Crippen LogP contribution in [0.15, 0.2) is 60.7 Å². The van der Waals surface area contributed by atoms with Gasteiger partial charge in [-0.1, -0.05) is 30.3 Å². The number of nitro groups is 1. The summed E-state index contributed by atoms with van der Waals surface area (Å²) in [5.41, 5.74) is 1.17. The fraction of sp³-hybridized carbons (Fsp3) is 0.231. The lowest BCUT2D eigenvalue weighted by atomic mass is 9.77. The van der Waals surface area contributed by atoms with Crippen molar-refractivity contribution in [3.8, 4) is 17.2 Å². The summed E-state index contributed by atoms with van der Waals surface area (Å²) < 4.78 is 17.0. The second-order valence-electron chi connectivity index (χ2n) is 8.75. The van der Waals surface area contributed by atoms with E-state index >= 15 is 0 Å². The van der Waals surface area contributed by atoms with Gasteiger partial charge in [0.25, 0.3) is 11.6 Å². The van der Waals surface area contributed by atoms with Crippen LogP contribution >= 0.6 is 0 Å². The molecular weight excluding hydrogens is 466 g/mol. The number of fused-ring (bicyclic) bond motifs is 5. The van der Waals surface area contributed by atoms with Gasteiger partial charge in [0, 0.05) is 36.5 Å². The summed E-state index contributed by atoms with van der Waals surface area (Å²) in [6.45, 7) is 0.899. The van der Waals surface area contributed by atoms with Gasteiger partial charge in [0.15, 0.2) is 11.5 Å². The Morgan fingerprint density at radius 2 is 1.75 bits per heavy atom. The summed E-state index contributed by atoms with van der Waals surface area (Å²) in [5.74, 6) is 1.14. The maximum absolute atomic E-state index is 13.9. The zero-order valence-corrected chi connectivity index (χ0v) is 19.1. The van der Waals surface area contributed by atoms with Crippen LogP contribution in [0.2, 0.25) is 0 Å². The second kappa shape index (κ2) is 8.26. The monoisotopic (exact) mass is 487 g/mol. The third-order valence-electron chi connectivity index (χ3n) is 6.83. The Hall–Kier alpha value is -4.60. The quantitative estimate of drug-likeness (QED) is 0.322. The average molecular weight is 487 g/mol. The second-order valence-corrected chi connectivity index (χ2v) is 8.75. The average Bonchev–Trinajstić information content (AvgIpc) is 3.57. The first-order valence-electron chi connectivity index (χ1n) is 11.5. The number of carbonyl (C=O) groups excluding carboxylic acids is 2. The van der Waals surface area contributed by atoms with Crippen molar-refractivity contribution in [3.63, 3.8) is 0 Å². The lowest BCUT2D eigenvalue weighted by molar-refractivity contribution is -0.385. The van der Waals surface area contributed by atoms with E-state index in [1.807, 2.05) is 30.3 Å². The van der Waals surface area contributed by atoms with Gasteiger partial charge in [0.1, 0.15) is 23.3 Å².